The molecule has 0 saturated heterocycles. The predicted molar refractivity (Wildman–Crippen MR) is 202 cm³/mol. The number of benzene rings is 5. The molecule has 0 aliphatic rings. The summed E-state index contributed by atoms with van der Waals surface area (Å²) in [5.74, 6) is 0.337. The third kappa shape index (κ3) is 9.31. The minimum absolute atomic E-state index is 0.0472. The largest absolute Gasteiger partial charge is 0.550 e. The molecule has 0 spiro atoms. The third-order valence-corrected chi connectivity index (χ3v) is 8.93. The summed E-state index contributed by atoms with van der Waals surface area (Å²) in [5.41, 5.74) is 6.28. The number of hydrogen-bond donors (Lipinski definition) is 0. The van der Waals surface area contributed by atoms with Crippen molar-refractivity contribution in [1.29, 1.82) is 0 Å². The highest BCUT2D eigenvalue weighted by Crippen LogP contribution is 2.42. The summed E-state index contributed by atoms with van der Waals surface area (Å²) in [7, 11) is 3.31. The molecule has 0 aliphatic heterocycles. The number of ether oxygens (including phenoxy) is 5. The summed E-state index contributed by atoms with van der Waals surface area (Å²) < 4.78 is 29.1. The maximum Gasteiger partial charge on any atom is 0.306 e. The van der Waals surface area contributed by atoms with E-state index < -0.39 is 17.5 Å². The first kappa shape index (κ1) is 37.3. The molecule has 0 fully saturated rings. The molecule has 54 heavy (non-hydrogen) atoms. The second-order valence-corrected chi connectivity index (χ2v) is 12.5. The smallest absolute Gasteiger partial charge is 0.306 e. The van der Waals surface area contributed by atoms with Crippen molar-refractivity contribution >= 4 is 11.9 Å². The SMILES string of the molecule is COc1ccc(C(OCc2ccc(-c3ccc(OCc4cccc(COC(=O)CCC(=O)[O-])c4)cc3)nc2)(c2ccccc2)c2ccc(OC)cc2)cc1. The second kappa shape index (κ2) is 17.9. The van der Waals surface area contributed by atoms with Gasteiger partial charge in [0.05, 0.1) is 32.9 Å². The number of hydrogen-bond acceptors (Lipinski definition) is 9. The van der Waals surface area contributed by atoms with Crippen LogP contribution in [0.4, 0.5) is 0 Å². The van der Waals surface area contributed by atoms with Gasteiger partial charge in [-0.25, -0.2) is 0 Å². The molecule has 0 saturated carbocycles. The minimum atomic E-state index is -1.28. The number of aromatic nitrogens is 1. The van der Waals surface area contributed by atoms with Crippen LogP contribution in [0, 0.1) is 0 Å². The Morgan fingerprint density at radius 3 is 1.76 bits per heavy atom. The van der Waals surface area contributed by atoms with E-state index in [0.717, 1.165) is 56.1 Å². The first-order chi connectivity index (χ1) is 26.4. The van der Waals surface area contributed by atoms with E-state index in [2.05, 4.69) is 12.1 Å². The highest BCUT2D eigenvalue weighted by molar-refractivity contribution is 5.75. The van der Waals surface area contributed by atoms with E-state index in [1.807, 2.05) is 134 Å². The molecule has 0 bridgehead atoms. The first-order valence-electron chi connectivity index (χ1n) is 17.5. The first-order valence-corrected chi connectivity index (χ1v) is 17.5. The molecule has 0 unspecified atom stereocenters. The van der Waals surface area contributed by atoms with Crippen LogP contribution in [0.2, 0.25) is 0 Å². The molecule has 0 radical (unpaired) electrons. The van der Waals surface area contributed by atoms with Crippen molar-refractivity contribution < 1.29 is 38.4 Å². The molecular weight excluding hydrogens is 682 g/mol. The maximum atomic E-state index is 11.8. The van der Waals surface area contributed by atoms with Crippen molar-refractivity contribution in [1.82, 2.24) is 4.98 Å². The van der Waals surface area contributed by atoms with Crippen LogP contribution in [0.15, 0.2) is 146 Å². The standard InChI is InChI=1S/C45H41NO8/c1-50-39-20-14-37(15-21-39)45(36-9-4-3-5-10-36,38-16-22-40(51-2)23-17-38)54-31-34-11-24-42(46-28-34)35-12-18-41(19-13-35)52-29-32-7-6-8-33(27-32)30-53-44(49)26-25-43(47)48/h3-24,27-28H,25-26,29-31H2,1-2H3,(H,47,48)/p-1. The average Bonchev–Trinajstić information content (AvgIpc) is 3.23. The number of aliphatic carboxylic acids is 1. The van der Waals surface area contributed by atoms with Crippen LogP contribution in [-0.2, 0) is 44.5 Å². The highest BCUT2D eigenvalue weighted by atomic mass is 16.5. The molecule has 0 atom stereocenters. The Bertz CT molecular complexity index is 2070. The van der Waals surface area contributed by atoms with E-state index >= 15 is 0 Å². The molecule has 9 nitrogen and oxygen atoms in total. The van der Waals surface area contributed by atoms with Crippen LogP contribution < -0.4 is 19.3 Å². The van der Waals surface area contributed by atoms with Gasteiger partial charge in [0.1, 0.15) is 36.1 Å². The van der Waals surface area contributed by atoms with Gasteiger partial charge >= 0.3 is 5.97 Å². The van der Waals surface area contributed by atoms with Gasteiger partial charge in [-0.1, -0.05) is 78.9 Å². The number of nitrogens with zero attached hydrogens (tertiary/aromatic N) is 1. The Morgan fingerprint density at radius 1 is 0.593 bits per heavy atom. The number of methoxy groups -OCH3 is 2. The minimum Gasteiger partial charge on any atom is -0.550 e. The quantitative estimate of drug-likeness (QED) is 0.0700. The topological polar surface area (TPSA) is 116 Å². The molecule has 0 N–H and O–H groups in total. The number of carbonyl (C=O) groups excluding carboxylic acids is 2. The number of carbonyl (C=O) groups is 2. The van der Waals surface area contributed by atoms with E-state index in [0.29, 0.717) is 19.0 Å². The summed E-state index contributed by atoms with van der Waals surface area (Å²) in [6.45, 7) is 0.654. The van der Waals surface area contributed by atoms with E-state index in [1.54, 1.807) is 14.2 Å². The summed E-state index contributed by atoms with van der Waals surface area (Å²) in [5, 5.41) is 10.6. The molecule has 6 rings (SSSR count). The van der Waals surface area contributed by atoms with Crippen LogP contribution in [-0.4, -0.2) is 31.1 Å². The van der Waals surface area contributed by atoms with Crippen molar-refractivity contribution in [2.75, 3.05) is 14.2 Å². The van der Waals surface area contributed by atoms with E-state index in [9.17, 15) is 14.7 Å². The normalized spacial score (nSPS) is 11.1. The van der Waals surface area contributed by atoms with Crippen LogP contribution in [0.25, 0.3) is 11.3 Å². The molecule has 1 heterocycles. The Kier molecular flexibility index (Phi) is 12.3. The Morgan fingerprint density at radius 2 is 1.19 bits per heavy atom. The van der Waals surface area contributed by atoms with Crippen molar-refractivity contribution in [2.45, 2.75) is 38.3 Å². The molecule has 0 amide bonds. The molecule has 5 aromatic carbocycles. The molecule has 274 valence electrons. The maximum absolute atomic E-state index is 11.8. The molecular formula is C45H40NO8-. The number of pyridine rings is 1. The fourth-order valence-electron chi connectivity index (χ4n) is 6.08. The van der Waals surface area contributed by atoms with Gasteiger partial charge in [-0.3, -0.25) is 9.78 Å². The summed E-state index contributed by atoms with van der Waals surface area (Å²) in [6.07, 6.45) is 1.25. The van der Waals surface area contributed by atoms with Gasteiger partial charge in [0, 0.05) is 17.7 Å². The van der Waals surface area contributed by atoms with Crippen molar-refractivity contribution in [3.63, 3.8) is 0 Å². The summed E-state index contributed by atoms with van der Waals surface area (Å²) in [6, 6.07) is 45.3. The molecule has 0 aliphatic carbocycles. The Hall–Kier alpha value is -6.45. The number of esters is 1. The van der Waals surface area contributed by atoms with Gasteiger partial charge in [0.15, 0.2) is 0 Å². The predicted octanol–water partition coefficient (Wildman–Crippen LogP) is 7.43. The number of rotatable bonds is 17. The monoisotopic (exact) mass is 722 g/mol. The summed E-state index contributed by atoms with van der Waals surface area (Å²) in [4.78, 5) is 27.1. The lowest BCUT2D eigenvalue weighted by molar-refractivity contribution is -0.305. The van der Waals surface area contributed by atoms with Crippen LogP contribution in [0.1, 0.15) is 46.2 Å². The van der Waals surface area contributed by atoms with Gasteiger partial charge in [-0.15, -0.1) is 0 Å². The van der Waals surface area contributed by atoms with E-state index in [-0.39, 0.29) is 19.4 Å². The average molecular weight is 723 g/mol. The van der Waals surface area contributed by atoms with Crippen molar-refractivity contribution in [3.05, 3.63) is 179 Å². The zero-order chi connectivity index (χ0) is 37.8. The van der Waals surface area contributed by atoms with Crippen LogP contribution in [0.3, 0.4) is 0 Å². The highest BCUT2D eigenvalue weighted by Gasteiger charge is 2.38. The van der Waals surface area contributed by atoms with Gasteiger partial charge in [-0.2, -0.15) is 0 Å². The van der Waals surface area contributed by atoms with E-state index in [4.69, 9.17) is 28.7 Å². The molecule has 9 heteroatoms. The lowest BCUT2D eigenvalue weighted by Crippen LogP contribution is -2.32. The van der Waals surface area contributed by atoms with Crippen molar-refractivity contribution in [3.8, 4) is 28.5 Å². The van der Waals surface area contributed by atoms with Crippen LogP contribution in [0.5, 0.6) is 17.2 Å². The third-order valence-electron chi connectivity index (χ3n) is 8.93. The van der Waals surface area contributed by atoms with Gasteiger partial charge < -0.3 is 33.6 Å². The van der Waals surface area contributed by atoms with Crippen molar-refractivity contribution in [2.24, 2.45) is 0 Å². The molecule has 6 aromatic rings. The lowest BCUT2D eigenvalue weighted by atomic mass is 9.80. The van der Waals surface area contributed by atoms with Gasteiger partial charge in [0.2, 0.25) is 0 Å². The Balaban J connectivity index is 1.13. The second-order valence-electron chi connectivity index (χ2n) is 12.5. The Labute approximate surface area is 314 Å². The van der Waals surface area contributed by atoms with Gasteiger partial charge in [-0.05, 0) is 100 Å². The summed E-state index contributed by atoms with van der Waals surface area (Å²) >= 11 is 0. The zero-order valence-corrected chi connectivity index (χ0v) is 30.1. The van der Waals surface area contributed by atoms with Gasteiger partial charge in [0.25, 0.3) is 0 Å². The fraction of sp³-hybridized carbons (Fsp3) is 0.178. The van der Waals surface area contributed by atoms with Crippen LogP contribution >= 0.6 is 0 Å². The number of carboxylic acids is 1. The zero-order valence-electron chi connectivity index (χ0n) is 30.1. The number of carboxylic acid groups (broad SMARTS) is 1. The molecule has 1 aromatic heterocycles. The van der Waals surface area contributed by atoms with E-state index in [1.165, 1.54) is 0 Å². The fourth-order valence-corrected chi connectivity index (χ4v) is 6.08. The lowest BCUT2D eigenvalue weighted by Gasteiger charge is -2.36.